The third-order valence-corrected chi connectivity index (χ3v) is 9.91. The van der Waals surface area contributed by atoms with Crippen molar-refractivity contribution in [2.75, 3.05) is 0 Å². The molecule has 8 nitrogen and oxygen atoms in total. The van der Waals surface area contributed by atoms with Crippen LogP contribution in [0.2, 0.25) is 0 Å². The minimum atomic E-state index is 0.517. The largest absolute Gasteiger partial charge is 0.456 e. The Morgan fingerprint density at radius 1 is 0.439 bits per heavy atom. The highest BCUT2D eigenvalue weighted by Gasteiger charge is 2.22. The number of nitrogens with zero attached hydrogens (tertiary/aromatic N) is 6. The lowest BCUT2D eigenvalue weighted by atomic mass is 10.0. The molecule has 0 aliphatic rings. The predicted octanol–water partition coefficient (Wildman–Crippen LogP) is 12.4. The number of aromatic nitrogens is 6. The molecule has 57 heavy (non-hydrogen) atoms. The summed E-state index contributed by atoms with van der Waals surface area (Å²) in [6.07, 6.45) is 5.71. The minimum absolute atomic E-state index is 0.517. The summed E-state index contributed by atoms with van der Waals surface area (Å²) < 4.78 is 12.8. The van der Waals surface area contributed by atoms with Gasteiger partial charge in [0, 0.05) is 55.1 Å². The Bertz CT molecular complexity index is 3090. The first-order valence-electron chi connectivity index (χ1n) is 18.6. The van der Waals surface area contributed by atoms with E-state index in [1.54, 1.807) is 0 Å². The molecule has 0 saturated carbocycles. The van der Waals surface area contributed by atoms with Crippen molar-refractivity contribution in [2.45, 2.75) is 6.92 Å². The number of fused-ring (bicyclic) bond motifs is 4. The van der Waals surface area contributed by atoms with Gasteiger partial charge >= 0.3 is 0 Å². The van der Waals surface area contributed by atoms with Gasteiger partial charge in [-0.05, 0) is 37.3 Å². The zero-order valence-electron chi connectivity index (χ0n) is 30.8. The Morgan fingerprint density at radius 2 is 0.912 bits per heavy atom. The van der Waals surface area contributed by atoms with Crippen molar-refractivity contribution in [1.82, 2.24) is 29.9 Å². The molecule has 6 aromatic carbocycles. The van der Waals surface area contributed by atoms with Gasteiger partial charge in [-0.25, -0.2) is 29.9 Å². The summed E-state index contributed by atoms with van der Waals surface area (Å²) in [5.74, 6) is 4.05. The molecule has 0 aliphatic carbocycles. The Balaban J connectivity index is 1.15. The molecule has 10 aromatic rings. The molecule has 0 radical (unpaired) electrons. The molecular weight excluding hydrogens is 705 g/mol. The second kappa shape index (κ2) is 14.1. The molecule has 0 spiro atoms. The fraction of sp³-hybridized carbons (Fsp3) is 0.0204. The predicted molar refractivity (Wildman–Crippen MR) is 228 cm³/mol. The highest BCUT2D eigenvalue weighted by molar-refractivity contribution is 6.12. The lowest BCUT2D eigenvalue weighted by Crippen LogP contribution is -2.01. The fourth-order valence-corrected chi connectivity index (χ4v) is 7.28. The van der Waals surface area contributed by atoms with Crippen molar-refractivity contribution < 1.29 is 8.83 Å². The van der Waals surface area contributed by atoms with Gasteiger partial charge < -0.3 is 8.83 Å². The second-order valence-electron chi connectivity index (χ2n) is 13.5. The standard InChI is InChI=1S/C49H32N6O2/c1-3-16-38-34(4-2)42-36(23-14-25-39(42)56-38)48-53-46(32-21-12-7-13-22-32)54-49(55-48)37-24-15-26-40-43(37)35-28-27-33(29-41(35)57-40)47-51-44(30-17-8-5-9-18-30)50-45(52-47)31-19-10-6-11-20-31/h3-29H,2H2,1H3/b16-3-. The average molecular weight is 737 g/mol. The van der Waals surface area contributed by atoms with Crippen LogP contribution in [-0.2, 0) is 0 Å². The van der Waals surface area contributed by atoms with E-state index in [1.807, 2.05) is 165 Å². The Hall–Kier alpha value is -7.84. The lowest BCUT2D eigenvalue weighted by Gasteiger charge is -2.10. The summed E-state index contributed by atoms with van der Waals surface area (Å²) in [5, 5.41) is 2.69. The lowest BCUT2D eigenvalue weighted by molar-refractivity contribution is 0.603. The first kappa shape index (κ1) is 33.7. The summed E-state index contributed by atoms with van der Waals surface area (Å²) in [7, 11) is 0. The topological polar surface area (TPSA) is 104 Å². The van der Waals surface area contributed by atoms with Crippen molar-refractivity contribution in [1.29, 1.82) is 0 Å². The maximum Gasteiger partial charge on any atom is 0.164 e. The molecule has 10 rings (SSSR count). The molecular formula is C49H32N6O2. The van der Waals surface area contributed by atoms with Gasteiger partial charge in [-0.3, -0.25) is 0 Å². The van der Waals surface area contributed by atoms with Crippen LogP contribution in [-0.4, -0.2) is 29.9 Å². The van der Waals surface area contributed by atoms with Gasteiger partial charge in [0.25, 0.3) is 0 Å². The summed E-state index contributed by atoms with van der Waals surface area (Å²) in [6, 6.07) is 47.8. The van der Waals surface area contributed by atoms with Crippen molar-refractivity contribution in [3.05, 3.63) is 170 Å². The minimum Gasteiger partial charge on any atom is -0.456 e. The van der Waals surface area contributed by atoms with Crippen molar-refractivity contribution in [3.63, 3.8) is 0 Å². The van der Waals surface area contributed by atoms with Gasteiger partial charge in [0.1, 0.15) is 22.5 Å². The van der Waals surface area contributed by atoms with Crippen LogP contribution in [0.3, 0.4) is 0 Å². The molecule has 0 saturated heterocycles. The van der Waals surface area contributed by atoms with Gasteiger partial charge in [0.2, 0.25) is 0 Å². The van der Waals surface area contributed by atoms with Gasteiger partial charge in [-0.2, -0.15) is 0 Å². The molecule has 8 heteroatoms. The Kier molecular flexibility index (Phi) is 8.34. The summed E-state index contributed by atoms with van der Waals surface area (Å²) in [4.78, 5) is 30.1. The summed E-state index contributed by atoms with van der Waals surface area (Å²) in [6.45, 7) is 6.07. The van der Waals surface area contributed by atoms with E-state index in [9.17, 15) is 0 Å². The highest BCUT2D eigenvalue weighted by atomic mass is 16.3. The molecule has 0 amide bonds. The molecule has 0 unspecified atom stereocenters. The third-order valence-electron chi connectivity index (χ3n) is 9.91. The number of allylic oxidation sites excluding steroid dienone is 1. The first-order chi connectivity index (χ1) is 28.1. The van der Waals surface area contributed by atoms with Crippen LogP contribution in [0.25, 0.3) is 113 Å². The van der Waals surface area contributed by atoms with E-state index < -0.39 is 0 Å². The zero-order valence-corrected chi connectivity index (χ0v) is 30.8. The van der Waals surface area contributed by atoms with E-state index >= 15 is 0 Å². The number of benzene rings is 6. The van der Waals surface area contributed by atoms with E-state index in [0.29, 0.717) is 46.1 Å². The molecule has 0 bridgehead atoms. The summed E-state index contributed by atoms with van der Waals surface area (Å²) in [5.41, 5.74) is 8.11. The highest BCUT2D eigenvalue weighted by Crippen LogP contribution is 2.40. The number of hydrogen-bond donors (Lipinski definition) is 0. The quantitative estimate of drug-likeness (QED) is 0.152. The Labute approximate surface area is 327 Å². The normalized spacial score (nSPS) is 11.6. The van der Waals surface area contributed by atoms with Crippen molar-refractivity contribution in [3.8, 4) is 68.3 Å². The third kappa shape index (κ3) is 6.06. The number of furan rings is 2. The van der Waals surface area contributed by atoms with Crippen molar-refractivity contribution >= 4 is 45.1 Å². The molecule has 4 aromatic heterocycles. The van der Waals surface area contributed by atoms with E-state index in [0.717, 1.165) is 66.4 Å². The van der Waals surface area contributed by atoms with Crippen LogP contribution >= 0.6 is 0 Å². The van der Waals surface area contributed by atoms with E-state index in [4.69, 9.17) is 38.7 Å². The van der Waals surface area contributed by atoms with E-state index in [1.165, 1.54) is 0 Å². The number of rotatable bonds is 8. The smallest absolute Gasteiger partial charge is 0.164 e. The number of hydrogen-bond acceptors (Lipinski definition) is 8. The van der Waals surface area contributed by atoms with Gasteiger partial charge in [0.15, 0.2) is 34.9 Å². The van der Waals surface area contributed by atoms with Crippen LogP contribution in [0, 0.1) is 0 Å². The van der Waals surface area contributed by atoms with Gasteiger partial charge in [0.05, 0.1) is 0 Å². The molecule has 0 atom stereocenters. The monoisotopic (exact) mass is 736 g/mol. The molecule has 4 heterocycles. The van der Waals surface area contributed by atoms with Crippen LogP contribution in [0.5, 0.6) is 0 Å². The maximum atomic E-state index is 6.58. The SMILES string of the molecule is C=Cc1c(/C=C\C)oc2cccc(-c3nc(-c4ccccc4)nc(-c4cccc5oc6cc(-c7nc(-c8ccccc8)nc(-c8ccccc8)n7)ccc6c45)n3)c12. The van der Waals surface area contributed by atoms with E-state index in [-0.39, 0.29) is 0 Å². The van der Waals surface area contributed by atoms with Crippen LogP contribution < -0.4 is 0 Å². The summed E-state index contributed by atoms with van der Waals surface area (Å²) >= 11 is 0. The average Bonchev–Trinajstić information content (AvgIpc) is 3.84. The van der Waals surface area contributed by atoms with Crippen molar-refractivity contribution in [2.24, 2.45) is 0 Å². The zero-order chi connectivity index (χ0) is 38.3. The van der Waals surface area contributed by atoms with Gasteiger partial charge in [-0.1, -0.05) is 140 Å². The molecule has 0 fully saturated rings. The molecule has 0 N–H and O–H groups in total. The first-order valence-corrected chi connectivity index (χ1v) is 18.6. The van der Waals surface area contributed by atoms with Gasteiger partial charge in [-0.15, -0.1) is 0 Å². The van der Waals surface area contributed by atoms with Crippen LogP contribution in [0.4, 0.5) is 0 Å². The Morgan fingerprint density at radius 3 is 1.44 bits per heavy atom. The van der Waals surface area contributed by atoms with Crippen LogP contribution in [0.1, 0.15) is 18.2 Å². The second-order valence-corrected chi connectivity index (χ2v) is 13.5. The molecule has 0 aliphatic heterocycles. The molecule has 270 valence electrons. The van der Waals surface area contributed by atoms with Crippen LogP contribution in [0.15, 0.2) is 167 Å². The fourth-order valence-electron chi connectivity index (χ4n) is 7.28. The maximum absolute atomic E-state index is 6.58. The van der Waals surface area contributed by atoms with E-state index in [2.05, 4.69) is 12.6 Å².